The summed E-state index contributed by atoms with van der Waals surface area (Å²) < 4.78 is 4.28. The second-order valence-electron chi connectivity index (χ2n) is 6.76. The fourth-order valence-electron chi connectivity index (χ4n) is 4.14. The van der Waals surface area contributed by atoms with Gasteiger partial charge in [-0.15, -0.1) is 0 Å². The topological polar surface area (TPSA) is 61.8 Å². The second-order valence-corrected chi connectivity index (χ2v) is 6.76. The molecule has 1 aromatic rings. The van der Waals surface area contributed by atoms with Gasteiger partial charge in [0.15, 0.2) is 0 Å². The lowest BCUT2D eigenvalue weighted by molar-refractivity contribution is -0.682. The van der Waals surface area contributed by atoms with Gasteiger partial charge < -0.3 is 0 Å². The van der Waals surface area contributed by atoms with Gasteiger partial charge in [-0.3, -0.25) is 14.6 Å². The Morgan fingerprint density at radius 1 is 1.09 bits per heavy atom. The molecule has 1 atom stereocenters. The number of hydrogen-bond acceptors (Lipinski definition) is 3. The summed E-state index contributed by atoms with van der Waals surface area (Å²) in [5, 5.41) is 0. The molecule has 2 aliphatic heterocycles. The van der Waals surface area contributed by atoms with Gasteiger partial charge in [-0.2, -0.15) is 0 Å². The third-order valence-corrected chi connectivity index (χ3v) is 5.57. The molecule has 0 spiro atoms. The number of imidazole rings is 1. The van der Waals surface area contributed by atoms with Crippen LogP contribution < -0.4 is 4.57 Å². The lowest BCUT2D eigenvalue weighted by Gasteiger charge is -2.30. The molecular weight excluding hydrogens is 294 g/mol. The van der Waals surface area contributed by atoms with Crippen LogP contribution in [0.15, 0.2) is 4.99 Å². The zero-order valence-corrected chi connectivity index (χ0v) is 14.0. The van der Waals surface area contributed by atoms with E-state index in [2.05, 4.69) is 11.5 Å². The van der Waals surface area contributed by atoms with E-state index in [4.69, 9.17) is 4.99 Å². The van der Waals surface area contributed by atoms with Crippen LogP contribution in [0.25, 0.3) is 0 Å². The molecule has 0 N–H and O–H groups in total. The Kier molecular flexibility index (Phi) is 2.92. The molecule has 7 nitrogen and oxygen atoms in total. The molecule has 122 valence electrons. The van der Waals surface area contributed by atoms with Crippen LogP contribution in [-0.2, 0) is 4.79 Å². The van der Waals surface area contributed by atoms with Crippen molar-refractivity contribution in [2.24, 2.45) is 4.99 Å². The van der Waals surface area contributed by atoms with Crippen LogP contribution in [0, 0.1) is 13.8 Å². The quantitative estimate of drug-likeness (QED) is 0.739. The van der Waals surface area contributed by atoms with Crippen LogP contribution in [0.4, 0.5) is 10.7 Å². The molecule has 0 bridgehead atoms. The third kappa shape index (κ3) is 1.70. The van der Waals surface area contributed by atoms with Crippen molar-refractivity contribution in [1.82, 2.24) is 14.4 Å². The zero-order chi connectivity index (χ0) is 16.5. The molecule has 1 unspecified atom stereocenters. The van der Waals surface area contributed by atoms with Crippen molar-refractivity contribution in [2.45, 2.75) is 51.6 Å². The SMILES string of the molecule is Cc1c(C)[n+]2c(n1C1CCCC1)N=C1C2C(=O)N(C)C(=O)N1C. The van der Waals surface area contributed by atoms with E-state index in [0.717, 1.165) is 24.5 Å². The number of amidine groups is 1. The molecule has 3 aliphatic rings. The summed E-state index contributed by atoms with van der Waals surface area (Å²) in [7, 11) is 3.22. The van der Waals surface area contributed by atoms with Crippen molar-refractivity contribution in [2.75, 3.05) is 14.1 Å². The van der Waals surface area contributed by atoms with Crippen molar-refractivity contribution >= 4 is 23.7 Å². The van der Waals surface area contributed by atoms with Crippen molar-refractivity contribution < 1.29 is 14.2 Å². The maximum absolute atomic E-state index is 12.7. The number of aromatic nitrogens is 2. The molecule has 1 aromatic heterocycles. The first-order valence-corrected chi connectivity index (χ1v) is 8.20. The molecule has 1 saturated heterocycles. The molecular formula is C16H22N5O2+. The monoisotopic (exact) mass is 316 g/mol. The molecule has 7 heteroatoms. The summed E-state index contributed by atoms with van der Waals surface area (Å²) in [4.78, 5) is 32.3. The van der Waals surface area contributed by atoms with Gasteiger partial charge in [0.05, 0.1) is 6.04 Å². The first-order valence-electron chi connectivity index (χ1n) is 8.20. The highest BCUT2D eigenvalue weighted by Gasteiger charge is 2.53. The maximum atomic E-state index is 12.7. The van der Waals surface area contributed by atoms with Gasteiger partial charge in [0.25, 0.3) is 5.91 Å². The van der Waals surface area contributed by atoms with Gasteiger partial charge in [0, 0.05) is 14.1 Å². The smallest absolute Gasteiger partial charge is 0.270 e. The number of carbonyl (C=O) groups is 2. The fraction of sp³-hybridized carbons (Fsp3) is 0.625. The first-order chi connectivity index (χ1) is 10.9. The largest absolute Gasteiger partial charge is 0.402 e. The number of fused-ring (bicyclic) bond motifs is 3. The molecule has 0 aromatic carbocycles. The van der Waals surface area contributed by atoms with Gasteiger partial charge in [-0.1, -0.05) is 4.99 Å². The summed E-state index contributed by atoms with van der Waals surface area (Å²) in [6, 6.07) is -0.389. The highest BCUT2D eigenvalue weighted by molar-refractivity contribution is 6.18. The average molecular weight is 316 g/mol. The van der Waals surface area contributed by atoms with Gasteiger partial charge in [0.1, 0.15) is 11.4 Å². The second kappa shape index (κ2) is 4.66. The van der Waals surface area contributed by atoms with Crippen molar-refractivity contribution in [3.8, 4) is 0 Å². The lowest BCUT2D eigenvalue weighted by Crippen LogP contribution is -2.62. The molecule has 1 saturated carbocycles. The number of amides is 3. The van der Waals surface area contributed by atoms with Crippen LogP contribution in [0.1, 0.15) is 49.2 Å². The molecule has 1 aliphatic carbocycles. The first kappa shape index (κ1) is 14.4. The lowest BCUT2D eigenvalue weighted by atomic mass is 10.1. The number of hydrogen-bond donors (Lipinski definition) is 0. The molecule has 23 heavy (non-hydrogen) atoms. The predicted molar refractivity (Wildman–Crippen MR) is 83.7 cm³/mol. The number of rotatable bonds is 1. The van der Waals surface area contributed by atoms with E-state index in [1.165, 1.54) is 35.4 Å². The van der Waals surface area contributed by atoms with E-state index in [-0.39, 0.29) is 11.9 Å². The summed E-state index contributed by atoms with van der Waals surface area (Å²) >= 11 is 0. The molecule has 2 fully saturated rings. The van der Waals surface area contributed by atoms with Crippen LogP contribution >= 0.6 is 0 Å². The van der Waals surface area contributed by atoms with Gasteiger partial charge >= 0.3 is 12.0 Å². The minimum Gasteiger partial charge on any atom is -0.270 e. The Hall–Kier alpha value is -2.18. The standard InChI is InChI=1S/C16H22N5O2/c1-9-10(2)21-12-13(18(3)16(23)19(4)14(12)22)17-15(21)20(9)11-7-5-6-8-11/h11-12H,5-8H2,1-4H3/q+1. The summed E-state index contributed by atoms with van der Waals surface area (Å²) in [5.74, 6) is 1.15. The Bertz CT molecular complexity index is 757. The van der Waals surface area contributed by atoms with Gasteiger partial charge in [-0.05, 0) is 39.5 Å². The van der Waals surface area contributed by atoms with Crippen molar-refractivity contribution in [1.29, 1.82) is 0 Å². The Balaban J connectivity index is 1.91. The van der Waals surface area contributed by atoms with Crippen LogP contribution in [-0.4, -0.2) is 46.2 Å². The van der Waals surface area contributed by atoms with Crippen LogP contribution in [0.2, 0.25) is 0 Å². The maximum Gasteiger partial charge on any atom is 0.402 e. The molecule has 0 radical (unpaired) electrons. The highest BCUT2D eigenvalue weighted by Crippen LogP contribution is 2.38. The van der Waals surface area contributed by atoms with Gasteiger partial charge in [0.2, 0.25) is 11.9 Å². The van der Waals surface area contributed by atoms with Crippen LogP contribution in [0.5, 0.6) is 0 Å². The summed E-state index contributed by atoms with van der Waals surface area (Å²) in [6.45, 7) is 4.13. The fourth-order valence-corrected chi connectivity index (χ4v) is 4.14. The van der Waals surface area contributed by atoms with Crippen molar-refractivity contribution in [3.63, 3.8) is 0 Å². The predicted octanol–water partition coefficient (Wildman–Crippen LogP) is 1.62. The van der Waals surface area contributed by atoms with Gasteiger partial charge in [-0.25, -0.2) is 13.9 Å². The van der Waals surface area contributed by atoms with E-state index in [0.29, 0.717) is 11.9 Å². The van der Waals surface area contributed by atoms with E-state index in [9.17, 15) is 9.59 Å². The Labute approximate surface area is 135 Å². The number of likely N-dealkylation sites (N-methyl/N-ethyl adjacent to an activating group) is 2. The van der Waals surface area contributed by atoms with Crippen molar-refractivity contribution in [3.05, 3.63) is 11.4 Å². The number of aliphatic imine (C=N–C) groups is 1. The zero-order valence-electron chi connectivity index (χ0n) is 14.0. The average Bonchev–Trinajstić information content (AvgIpc) is 3.22. The molecule has 3 heterocycles. The third-order valence-electron chi connectivity index (χ3n) is 5.57. The number of carbonyl (C=O) groups excluding carboxylic acids is 2. The van der Waals surface area contributed by atoms with E-state index in [1.807, 2.05) is 11.5 Å². The number of nitrogens with zero attached hydrogens (tertiary/aromatic N) is 5. The Morgan fingerprint density at radius 2 is 1.74 bits per heavy atom. The van der Waals surface area contributed by atoms with E-state index >= 15 is 0 Å². The van der Waals surface area contributed by atoms with E-state index in [1.54, 1.807) is 7.05 Å². The summed E-state index contributed by atoms with van der Waals surface area (Å²) in [6.07, 6.45) is 4.78. The summed E-state index contributed by atoms with van der Waals surface area (Å²) in [5.41, 5.74) is 2.23. The minimum absolute atomic E-state index is 0.206. The minimum atomic E-state index is -0.515. The number of imide groups is 1. The Morgan fingerprint density at radius 3 is 2.39 bits per heavy atom. The molecule has 4 rings (SSSR count). The number of urea groups is 1. The molecule has 3 amide bonds. The normalized spacial score (nSPS) is 24.3. The van der Waals surface area contributed by atoms with E-state index < -0.39 is 6.04 Å². The van der Waals surface area contributed by atoms with Crippen LogP contribution in [0.3, 0.4) is 0 Å². The highest BCUT2D eigenvalue weighted by atomic mass is 16.2.